The van der Waals surface area contributed by atoms with E-state index in [1.54, 1.807) is 0 Å². The number of carboxylic acids is 1. The Morgan fingerprint density at radius 1 is 1.16 bits per heavy atom. The molecule has 0 saturated heterocycles. The molecular formula is C13H22N2O4. The standard InChI is InChI=1S/C13H22N2O4/c16-11(15-10-1-2-10)7-14-8-13(19)5-3-9(4-6-13)12(17)18/h9-10,14,19H,1-8H2,(H,15,16)(H,17,18). The highest BCUT2D eigenvalue weighted by molar-refractivity contribution is 5.78. The van der Waals surface area contributed by atoms with Crippen LogP contribution in [0.15, 0.2) is 0 Å². The van der Waals surface area contributed by atoms with Crippen molar-refractivity contribution in [2.45, 2.75) is 50.2 Å². The Bertz CT molecular complexity index is 347. The van der Waals surface area contributed by atoms with Crippen LogP contribution in [0.3, 0.4) is 0 Å². The first-order valence-electron chi connectivity index (χ1n) is 6.94. The minimum atomic E-state index is -0.869. The molecule has 2 fully saturated rings. The van der Waals surface area contributed by atoms with Crippen LogP contribution < -0.4 is 10.6 Å². The second kappa shape index (κ2) is 5.88. The Morgan fingerprint density at radius 2 is 1.79 bits per heavy atom. The van der Waals surface area contributed by atoms with E-state index < -0.39 is 11.6 Å². The van der Waals surface area contributed by atoms with Gasteiger partial charge in [-0.3, -0.25) is 9.59 Å². The van der Waals surface area contributed by atoms with Gasteiger partial charge in [0.15, 0.2) is 0 Å². The van der Waals surface area contributed by atoms with Gasteiger partial charge >= 0.3 is 5.97 Å². The lowest BCUT2D eigenvalue weighted by Gasteiger charge is -2.34. The number of hydrogen-bond acceptors (Lipinski definition) is 4. The molecule has 2 aliphatic carbocycles. The lowest BCUT2D eigenvalue weighted by molar-refractivity contribution is -0.144. The highest BCUT2D eigenvalue weighted by Crippen LogP contribution is 2.31. The van der Waals surface area contributed by atoms with Gasteiger partial charge in [-0.15, -0.1) is 0 Å². The van der Waals surface area contributed by atoms with Crippen molar-refractivity contribution in [3.8, 4) is 0 Å². The fraction of sp³-hybridized carbons (Fsp3) is 0.846. The van der Waals surface area contributed by atoms with Crippen molar-refractivity contribution in [1.82, 2.24) is 10.6 Å². The molecule has 1 amide bonds. The molecule has 0 bridgehead atoms. The lowest BCUT2D eigenvalue weighted by Crippen LogP contribution is -2.47. The molecule has 2 aliphatic rings. The summed E-state index contributed by atoms with van der Waals surface area (Å²) < 4.78 is 0. The van der Waals surface area contributed by atoms with Crippen LogP contribution in [0.2, 0.25) is 0 Å². The van der Waals surface area contributed by atoms with Crippen LogP contribution in [-0.4, -0.2) is 46.8 Å². The molecule has 0 heterocycles. The summed E-state index contributed by atoms with van der Waals surface area (Å²) >= 11 is 0. The van der Waals surface area contributed by atoms with E-state index in [0.717, 1.165) is 12.8 Å². The molecule has 6 heteroatoms. The number of carbonyl (C=O) groups is 2. The summed E-state index contributed by atoms with van der Waals surface area (Å²) in [5.74, 6) is -1.15. The van der Waals surface area contributed by atoms with Crippen molar-refractivity contribution >= 4 is 11.9 Å². The van der Waals surface area contributed by atoms with Gasteiger partial charge in [0.2, 0.25) is 5.91 Å². The zero-order valence-electron chi connectivity index (χ0n) is 11.0. The normalized spacial score (nSPS) is 30.9. The van der Waals surface area contributed by atoms with Crippen LogP contribution in [0.4, 0.5) is 0 Å². The van der Waals surface area contributed by atoms with E-state index in [-0.39, 0.29) is 18.4 Å². The third-order valence-corrected chi connectivity index (χ3v) is 3.95. The van der Waals surface area contributed by atoms with Crippen LogP contribution in [0.25, 0.3) is 0 Å². The fourth-order valence-corrected chi connectivity index (χ4v) is 2.49. The quantitative estimate of drug-likeness (QED) is 0.538. The van der Waals surface area contributed by atoms with Crippen molar-refractivity contribution in [3.05, 3.63) is 0 Å². The first-order valence-corrected chi connectivity index (χ1v) is 6.94. The SMILES string of the molecule is O=C(CNCC1(O)CCC(C(=O)O)CC1)NC1CC1. The van der Waals surface area contributed by atoms with Gasteiger partial charge in [-0.25, -0.2) is 0 Å². The van der Waals surface area contributed by atoms with E-state index in [2.05, 4.69) is 10.6 Å². The van der Waals surface area contributed by atoms with Gasteiger partial charge in [0, 0.05) is 12.6 Å². The molecule has 108 valence electrons. The second-order valence-electron chi connectivity index (χ2n) is 5.78. The molecule has 0 aromatic heterocycles. The predicted octanol–water partition coefficient (Wildman–Crippen LogP) is -0.139. The smallest absolute Gasteiger partial charge is 0.306 e. The van der Waals surface area contributed by atoms with E-state index in [1.807, 2.05) is 0 Å². The Balaban J connectivity index is 1.64. The Kier molecular flexibility index (Phi) is 4.42. The van der Waals surface area contributed by atoms with Gasteiger partial charge in [-0.2, -0.15) is 0 Å². The van der Waals surface area contributed by atoms with Gasteiger partial charge in [-0.1, -0.05) is 0 Å². The van der Waals surface area contributed by atoms with Crippen molar-refractivity contribution < 1.29 is 19.8 Å². The van der Waals surface area contributed by atoms with E-state index >= 15 is 0 Å². The van der Waals surface area contributed by atoms with Crippen LogP contribution in [0.1, 0.15) is 38.5 Å². The minimum Gasteiger partial charge on any atom is -0.481 e. The van der Waals surface area contributed by atoms with Gasteiger partial charge in [0.05, 0.1) is 18.1 Å². The number of nitrogens with one attached hydrogen (secondary N) is 2. The zero-order chi connectivity index (χ0) is 13.9. The summed E-state index contributed by atoms with van der Waals surface area (Å²) in [6, 6.07) is 0.350. The van der Waals surface area contributed by atoms with E-state index in [9.17, 15) is 14.7 Å². The minimum absolute atomic E-state index is 0.0367. The Hall–Kier alpha value is -1.14. The number of carboxylic acid groups (broad SMARTS) is 1. The summed E-state index contributed by atoms with van der Waals surface area (Å²) in [5, 5.41) is 25.0. The Labute approximate surface area is 112 Å². The molecule has 2 saturated carbocycles. The summed E-state index contributed by atoms with van der Waals surface area (Å²) in [5.41, 5.74) is -0.869. The maximum Gasteiger partial charge on any atom is 0.306 e. The molecule has 19 heavy (non-hydrogen) atoms. The molecule has 0 unspecified atom stereocenters. The molecule has 0 spiro atoms. The number of aliphatic carboxylic acids is 1. The van der Waals surface area contributed by atoms with Crippen molar-refractivity contribution in [1.29, 1.82) is 0 Å². The molecule has 4 N–H and O–H groups in total. The largest absolute Gasteiger partial charge is 0.481 e. The summed E-state index contributed by atoms with van der Waals surface area (Å²) in [4.78, 5) is 22.3. The van der Waals surface area contributed by atoms with E-state index in [1.165, 1.54) is 0 Å². The Morgan fingerprint density at radius 3 is 2.32 bits per heavy atom. The number of carbonyl (C=O) groups excluding carboxylic acids is 1. The maximum absolute atomic E-state index is 11.4. The van der Waals surface area contributed by atoms with Crippen LogP contribution in [0.5, 0.6) is 0 Å². The molecule has 6 nitrogen and oxygen atoms in total. The van der Waals surface area contributed by atoms with Crippen molar-refractivity contribution in [3.63, 3.8) is 0 Å². The van der Waals surface area contributed by atoms with Crippen LogP contribution in [0, 0.1) is 5.92 Å². The van der Waals surface area contributed by atoms with Gasteiger partial charge in [-0.05, 0) is 38.5 Å². The second-order valence-corrected chi connectivity index (χ2v) is 5.78. The first kappa shape index (κ1) is 14.3. The summed E-state index contributed by atoms with van der Waals surface area (Å²) in [6.07, 6.45) is 4.07. The molecule has 2 rings (SSSR count). The molecular weight excluding hydrogens is 248 g/mol. The van der Waals surface area contributed by atoms with Crippen LogP contribution in [-0.2, 0) is 9.59 Å². The maximum atomic E-state index is 11.4. The average molecular weight is 270 g/mol. The number of aliphatic hydroxyl groups is 1. The molecule has 0 radical (unpaired) electrons. The highest BCUT2D eigenvalue weighted by atomic mass is 16.4. The number of rotatable bonds is 6. The fourth-order valence-electron chi connectivity index (χ4n) is 2.49. The predicted molar refractivity (Wildman–Crippen MR) is 68.6 cm³/mol. The van der Waals surface area contributed by atoms with Crippen molar-refractivity contribution in [2.24, 2.45) is 5.92 Å². The van der Waals surface area contributed by atoms with Gasteiger partial charge in [0.25, 0.3) is 0 Å². The van der Waals surface area contributed by atoms with Gasteiger partial charge in [0.1, 0.15) is 0 Å². The van der Waals surface area contributed by atoms with E-state index in [0.29, 0.717) is 38.3 Å². The third kappa shape index (κ3) is 4.47. The van der Waals surface area contributed by atoms with E-state index in [4.69, 9.17) is 5.11 Å². The molecule has 0 aliphatic heterocycles. The summed E-state index contributed by atoms with van der Waals surface area (Å²) in [6.45, 7) is 0.554. The van der Waals surface area contributed by atoms with Crippen LogP contribution >= 0.6 is 0 Å². The highest BCUT2D eigenvalue weighted by Gasteiger charge is 2.35. The molecule has 0 aromatic rings. The zero-order valence-corrected chi connectivity index (χ0v) is 11.0. The van der Waals surface area contributed by atoms with Crippen molar-refractivity contribution in [2.75, 3.05) is 13.1 Å². The first-order chi connectivity index (χ1) is 8.98. The van der Waals surface area contributed by atoms with Gasteiger partial charge < -0.3 is 20.8 Å². The molecule has 0 aromatic carbocycles. The topological polar surface area (TPSA) is 98.7 Å². The molecule has 0 atom stereocenters. The number of amides is 1. The third-order valence-electron chi connectivity index (χ3n) is 3.95. The number of hydrogen-bond donors (Lipinski definition) is 4. The average Bonchev–Trinajstić information content (AvgIpc) is 3.13. The summed E-state index contributed by atoms with van der Waals surface area (Å²) in [7, 11) is 0. The monoisotopic (exact) mass is 270 g/mol. The lowest BCUT2D eigenvalue weighted by atomic mass is 9.79.